The summed E-state index contributed by atoms with van der Waals surface area (Å²) in [5, 5.41) is 4.66. The van der Waals surface area contributed by atoms with Crippen LogP contribution in [0, 0.1) is 5.41 Å². The molecule has 0 spiro atoms. The van der Waals surface area contributed by atoms with E-state index in [9.17, 15) is 4.79 Å². The molecule has 1 aromatic carbocycles. The first-order chi connectivity index (χ1) is 13.5. The van der Waals surface area contributed by atoms with E-state index in [0.717, 1.165) is 51.2 Å². The molecule has 3 heterocycles. The van der Waals surface area contributed by atoms with Gasteiger partial charge in [-0.05, 0) is 48.2 Å². The van der Waals surface area contributed by atoms with Gasteiger partial charge in [-0.2, -0.15) is 0 Å². The molecule has 0 atom stereocenters. The minimum Gasteiger partial charge on any atom is -0.361 e. The maximum atomic E-state index is 13.1. The first kappa shape index (κ1) is 16.8. The van der Waals surface area contributed by atoms with Crippen molar-refractivity contribution < 1.29 is 4.79 Å². The molecule has 0 aliphatic heterocycles. The van der Waals surface area contributed by atoms with Gasteiger partial charge in [-0.15, -0.1) is 0 Å². The van der Waals surface area contributed by atoms with Crippen molar-refractivity contribution in [2.24, 2.45) is 5.41 Å². The van der Waals surface area contributed by atoms with Crippen molar-refractivity contribution in [1.29, 1.82) is 0 Å². The standard InChI is InChI=1S/C23H22N4O/c1-23(2)12-18-20(19(28)13-23)22(21(27-18)14-5-8-24-9-6-14)26-16-3-4-17-15(11-16)7-10-25-17/h3-11,25-27H,12-13H2,1-2H3. The highest BCUT2D eigenvalue weighted by atomic mass is 16.1. The molecule has 5 rings (SSSR count). The number of nitrogens with one attached hydrogen (secondary N) is 3. The molecule has 0 saturated heterocycles. The SMILES string of the molecule is CC1(C)CC(=O)c2c([nH]c(-c3ccncc3)c2Nc2ccc3[nH]ccc3c2)C1. The van der Waals surface area contributed by atoms with E-state index in [-0.39, 0.29) is 11.2 Å². The molecule has 3 N–H and O–H groups in total. The van der Waals surface area contributed by atoms with Gasteiger partial charge in [0.25, 0.3) is 0 Å². The van der Waals surface area contributed by atoms with Crippen molar-refractivity contribution >= 4 is 28.1 Å². The molecule has 0 radical (unpaired) electrons. The van der Waals surface area contributed by atoms with Gasteiger partial charge < -0.3 is 15.3 Å². The molecule has 1 aliphatic rings. The number of carbonyl (C=O) groups excluding carboxylic acids is 1. The smallest absolute Gasteiger partial charge is 0.167 e. The van der Waals surface area contributed by atoms with Crippen molar-refractivity contribution in [3.05, 3.63) is 66.2 Å². The van der Waals surface area contributed by atoms with Gasteiger partial charge in [0.05, 0.1) is 16.9 Å². The summed E-state index contributed by atoms with van der Waals surface area (Å²) in [4.78, 5) is 23.9. The Morgan fingerprint density at radius 2 is 1.89 bits per heavy atom. The molecule has 0 saturated carbocycles. The van der Waals surface area contributed by atoms with Crippen LogP contribution in [0.5, 0.6) is 0 Å². The number of nitrogens with zero attached hydrogens (tertiary/aromatic N) is 1. The average Bonchev–Trinajstić information content (AvgIpc) is 3.26. The summed E-state index contributed by atoms with van der Waals surface area (Å²) in [6.45, 7) is 4.29. The molecular weight excluding hydrogens is 348 g/mol. The zero-order valence-electron chi connectivity index (χ0n) is 16.0. The van der Waals surface area contributed by atoms with Gasteiger partial charge in [0.2, 0.25) is 0 Å². The number of fused-ring (bicyclic) bond motifs is 2. The van der Waals surface area contributed by atoms with Crippen LogP contribution in [-0.4, -0.2) is 20.7 Å². The molecule has 0 amide bonds. The van der Waals surface area contributed by atoms with Gasteiger partial charge in [0.15, 0.2) is 5.78 Å². The Hall–Kier alpha value is -3.34. The number of H-pyrrole nitrogens is 2. The normalized spacial score (nSPS) is 15.6. The number of aromatic nitrogens is 3. The summed E-state index contributed by atoms with van der Waals surface area (Å²) in [5.41, 5.74) is 6.63. The second-order valence-corrected chi connectivity index (χ2v) is 8.31. The molecular formula is C23H22N4O. The lowest BCUT2D eigenvalue weighted by molar-refractivity contribution is 0.0912. The first-order valence-electron chi connectivity index (χ1n) is 9.53. The van der Waals surface area contributed by atoms with Crippen LogP contribution in [0.3, 0.4) is 0 Å². The van der Waals surface area contributed by atoms with E-state index in [1.54, 1.807) is 12.4 Å². The van der Waals surface area contributed by atoms with Crippen LogP contribution in [0.25, 0.3) is 22.2 Å². The molecule has 0 fully saturated rings. The third-order valence-electron chi connectivity index (χ3n) is 5.44. The Kier molecular flexibility index (Phi) is 3.66. The van der Waals surface area contributed by atoms with E-state index in [4.69, 9.17) is 0 Å². The molecule has 5 nitrogen and oxygen atoms in total. The van der Waals surface area contributed by atoms with Gasteiger partial charge >= 0.3 is 0 Å². The maximum absolute atomic E-state index is 13.1. The first-order valence-corrected chi connectivity index (χ1v) is 9.53. The number of ketones is 1. The highest BCUT2D eigenvalue weighted by molar-refractivity contribution is 6.08. The van der Waals surface area contributed by atoms with Crippen molar-refractivity contribution in [1.82, 2.24) is 15.0 Å². The number of anilines is 2. The number of rotatable bonds is 3. The van der Waals surface area contributed by atoms with Crippen LogP contribution in [0.4, 0.5) is 11.4 Å². The van der Waals surface area contributed by atoms with Gasteiger partial charge in [-0.3, -0.25) is 9.78 Å². The van der Waals surface area contributed by atoms with Crippen LogP contribution in [0.1, 0.15) is 36.3 Å². The molecule has 1 aliphatic carbocycles. The number of carbonyl (C=O) groups is 1. The number of Topliss-reactive ketones (excluding diaryl/α,β-unsaturated/α-hetero) is 1. The highest BCUT2D eigenvalue weighted by Crippen LogP contribution is 2.43. The van der Waals surface area contributed by atoms with Crippen LogP contribution in [0.15, 0.2) is 55.0 Å². The Balaban J connectivity index is 1.66. The van der Waals surface area contributed by atoms with Gasteiger partial charge in [-0.1, -0.05) is 13.8 Å². The number of aromatic amines is 2. The van der Waals surface area contributed by atoms with Crippen molar-refractivity contribution in [2.45, 2.75) is 26.7 Å². The molecule has 3 aromatic heterocycles. The number of hydrogen-bond acceptors (Lipinski definition) is 3. The molecule has 0 bridgehead atoms. The zero-order chi connectivity index (χ0) is 19.3. The summed E-state index contributed by atoms with van der Waals surface area (Å²) < 4.78 is 0. The van der Waals surface area contributed by atoms with E-state index >= 15 is 0 Å². The van der Waals surface area contributed by atoms with Gasteiger partial charge in [0.1, 0.15) is 0 Å². The second kappa shape index (κ2) is 6.09. The highest BCUT2D eigenvalue weighted by Gasteiger charge is 2.35. The summed E-state index contributed by atoms with van der Waals surface area (Å²) >= 11 is 0. The van der Waals surface area contributed by atoms with E-state index in [1.807, 2.05) is 36.5 Å². The number of hydrogen-bond donors (Lipinski definition) is 3. The lowest BCUT2D eigenvalue weighted by Gasteiger charge is -2.28. The summed E-state index contributed by atoms with van der Waals surface area (Å²) in [5.74, 6) is 0.188. The van der Waals surface area contributed by atoms with Crippen molar-refractivity contribution in [3.63, 3.8) is 0 Å². The third kappa shape index (κ3) is 2.80. The lowest BCUT2D eigenvalue weighted by atomic mass is 9.76. The summed E-state index contributed by atoms with van der Waals surface area (Å²) in [6, 6.07) is 12.2. The van der Waals surface area contributed by atoms with E-state index in [2.05, 4.69) is 40.2 Å². The van der Waals surface area contributed by atoms with Crippen LogP contribution < -0.4 is 5.32 Å². The van der Waals surface area contributed by atoms with Crippen molar-refractivity contribution in [2.75, 3.05) is 5.32 Å². The average molecular weight is 370 g/mol. The van der Waals surface area contributed by atoms with Crippen molar-refractivity contribution in [3.8, 4) is 11.3 Å². The van der Waals surface area contributed by atoms with Crippen LogP contribution >= 0.6 is 0 Å². The summed E-state index contributed by atoms with van der Waals surface area (Å²) in [7, 11) is 0. The van der Waals surface area contributed by atoms with Gasteiger partial charge in [0, 0.05) is 52.9 Å². The minimum absolute atomic E-state index is 0.0360. The number of pyridine rings is 1. The minimum atomic E-state index is -0.0360. The fourth-order valence-corrected chi connectivity index (χ4v) is 4.19. The monoisotopic (exact) mass is 370 g/mol. The Morgan fingerprint density at radius 3 is 2.71 bits per heavy atom. The predicted octanol–water partition coefficient (Wildman–Crippen LogP) is 5.46. The topological polar surface area (TPSA) is 73.6 Å². The Morgan fingerprint density at radius 1 is 1.07 bits per heavy atom. The van der Waals surface area contributed by atoms with E-state index in [1.165, 1.54) is 0 Å². The zero-order valence-corrected chi connectivity index (χ0v) is 16.0. The second-order valence-electron chi connectivity index (χ2n) is 8.31. The van der Waals surface area contributed by atoms with Gasteiger partial charge in [-0.25, -0.2) is 0 Å². The summed E-state index contributed by atoms with van der Waals surface area (Å²) in [6.07, 6.45) is 6.89. The van der Waals surface area contributed by atoms with E-state index in [0.29, 0.717) is 6.42 Å². The van der Waals surface area contributed by atoms with Crippen LogP contribution in [0.2, 0.25) is 0 Å². The quantitative estimate of drug-likeness (QED) is 0.448. The third-order valence-corrected chi connectivity index (χ3v) is 5.44. The fraction of sp³-hybridized carbons (Fsp3) is 0.217. The fourth-order valence-electron chi connectivity index (χ4n) is 4.19. The molecule has 0 unspecified atom stereocenters. The molecule has 5 heteroatoms. The molecule has 28 heavy (non-hydrogen) atoms. The lowest BCUT2D eigenvalue weighted by Crippen LogP contribution is -2.26. The number of benzene rings is 1. The van der Waals surface area contributed by atoms with E-state index < -0.39 is 0 Å². The maximum Gasteiger partial charge on any atom is 0.167 e. The largest absolute Gasteiger partial charge is 0.361 e. The predicted molar refractivity (Wildman–Crippen MR) is 112 cm³/mol. The molecule has 140 valence electrons. The van der Waals surface area contributed by atoms with Crippen LogP contribution in [-0.2, 0) is 6.42 Å². The Labute approximate surface area is 163 Å². The Bertz CT molecular complexity index is 1180. The molecule has 4 aromatic rings.